The highest BCUT2D eigenvalue weighted by Crippen LogP contribution is 2.24. The molecule has 0 unspecified atom stereocenters. The van der Waals surface area contributed by atoms with Gasteiger partial charge in [0.2, 0.25) is 0 Å². The van der Waals surface area contributed by atoms with Crippen LogP contribution in [-0.2, 0) is 10.0 Å². The van der Waals surface area contributed by atoms with Crippen LogP contribution in [-0.4, -0.2) is 33.8 Å². The Hall–Kier alpha value is -1.07. The molecule has 0 atom stereocenters. The monoisotopic (exact) mass is 274 g/mol. The summed E-state index contributed by atoms with van der Waals surface area (Å²) in [4.78, 5) is 1.76. The molecule has 1 aromatic rings. The van der Waals surface area contributed by atoms with Gasteiger partial charge in [0.05, 0.1) is 4.90 Å². The fraction of sp³-hybridized carbons (Fsp3) is 0.364. The number of sulfonamides is 1. The molecule has 0 bridgehead atoms. The van der Waals surface area contributed by atoms with Crippen LogP contribution in [0.2, 0.25) is 5.02 Å². The second-order valence-electron chi connectivity index (χ2n) is 4.03. The molecular formula is C11H15ClN2O2S. The Kier molecular flexibility index (Phi) is 4.16. The van der Waals surface area contributed by atoms with Gasteiger partial charge < -0.3 is 4.90 Å². The number of hydrogen-bond acceptors (Lipinski definition) is 2. The minimum atomic E-state index is -3.66. The number of aryl methyl sites for hydroxylation is 2. The van der Waals surface area contributed by atoms with Crippen molar-refractivity contribution >= 4 is 28.0 Å². The van der Waals surface area contributed by atoms with Crippen LogP contribution in [0.5, 0.6) is 0 Å². The van der Waals surface area contributed by atoms with E-state index in [-0.39, 0.29) is 4.90 Å². The molecule has 1 aromatic carbocycles. The molecule has 0 radical (unpaired) electrons. The molecule has 17 heavy (non-hydrogen) atoms. The summed E-state index contributed by atoms with van der Waals surface area (Å²) in [6.45, 7) is 3.46. The first-order valence-corrected chi connectivity index (χ1v) is 6.79. The molecule has 0 aliphatic rings. The van der Waals surface area contributed by atoms with Crippen molar-refractivity contribution in [3.8, 4) is 0 Å². The van der Waals surface area contributed by atoms with Gasteiger partial charge in [0.25, 0.3) is 10.0 Å². The molecule has 0 aliphatic carbocycles. The lowest BCUT2D eigenvalue weighted by atomic mass is 10.2. The number of halogens is 1. The summed E-state index contributed by atoms with van der Waals surface area (Å²) in [7, 11) is -0.241. The van der Waals surface area contributed by atoms with Crippen LogP contribution < -0.4 is 0 Å². The number of benzene rings is 1. The van der Waals surface area contributed by atoms with Gasteiger partial charge >= 0.3 is 0 Å². The van der Waals surface area contributed by atoms with Gasteiger partial charge in [-0.25, -0.2) is 0 Å². The minimum absolute atomic E-state index is 0.192. The van der Waals surface area contributed by atoms with E-state index in [9.17, 15) is 8.42 Å². The molecule has 0 N–H and O–H groups in total. The summed E-state index contributed by atoms with van der Waals surface area (Å²) in [5.74, 6) is 0. The predicted octanol–water partition coefficient (Wildman–Crippen LogP) is 2.24. The van der Waals surface area contributed by atoms with Crippen molar-refractivity contribution in [2.75, 3.05) is 14.1 Å². The molecule has 6 heteroatoms. The Balaban J connectivity index is 3.30. The first-order chi connectivity index (χ1) is 7.74. The quantitative estimate of drug-likeness (QED) is 0.627. The number of nitrogens with zero attached hydrogens (tertiary/aromatic N) is 2. The van der Waals surface area contributed by atoms with Gasteiger partial charge in [-0.05, 0) is 37.1 Å². The zero-order valence-corrected chi connectivity index (χ0v) is 11.8. The Morgan fingerprint density at radius 1 is 1.24 bits per heavy atom. The van der Waals surface area contributed by atoms with Crippen LogP contribution in [0.15, 0.2) is 21.4 Å². The SMILES string of the molecule is Cc1cc(S(=O)(=O)N=CN(C)C)c(C)cc1Cl. The van der Waals surface area contributed by atoms with Crippen molar-refractivity contribution < 1.29 is 8.42 Å². The van der Waals surface area contributed by atoms with Gasteiger partial charge in [0, 0.05) is 19.1 Å². The van der Waals surface area contributed by atoms with Crippen molar-refractivity contribution in [3.63, 3.8) is 0 Å². The number of hydrogen-bond donors (Lipinski definition) is 0. The van der Waals surface area contributed by atoms with Gasteiger partial charge in [0.1, 0.15) is 6.34 Å². The summed E-state index contributed by atoms with van der Waals surface area (Å²) in [5.41, 5.74) is 1.31. The van der Waals surface area contributed by atoms with Crippen molar-refractivity contribution in [1.82, 2.24) is 4.90 Å². The molecule has 0 amide bonds. The summed E-state index contributed by atoms with van der Waals surface area (Å²) in [5, 5.41) is 0.554. The second kappa shape index (κ2) is 5.06. The molecule has 4 nitrogen and oxygen atoms in total. The van der Waals surface area contributed by atoms with E-state index in [1.54, 1.807) is 45.0 Å². The van der Waals surface area contributed by atoms with E-state index >= 15 is 0 Å². The van der Waals surface area contributed by atoms with E-state index in [4.69, 9.17) is 11.6 Å². The maximum Gasteiger partial charge on any atom is 0.283 e. The molecule has 0 aliphatic heterocycles. The van der Waals surface area contributed by atoms with E-state index in [0.717, 1.165) is 5.56 Å². The number of rotatable bonds is 3. The molecular weight excluding hydrogens is 260 g/mol. The van der Waals surface area contributed by atoms with E-state index in [2.05, 4.69) is 4.40 Å². The first kappa shape index (κ1) is 14.0. The molecule has 0 spiro atoms. The lowest BCUT2D eigenvalue weighted by Gasteiger charge is -2.08. The second-order valence-corrected chi connectivity index (χ2v) is 6.03. The van der Waals surface area contributed by atoms with E-state index in [0.29, 0.717) is 10.6 Å². The average molecular weight is 275 g/mol. The van der Waals surface area contributed by atoms with Gasteiger partial charge in [-0.3, -0.25) is 0 Å². The maximum atomic E-state index is 12.0. The van der Waals surface area contributed by atoms with Crippen LogP contribution in [0.25, 0.3) is 0 Å². The van der Waals surface area contributed by atoms with E-state index in [1.807, 2.05) is 0 Å². The lowest BCUT2D eigenvalue weighted by molar-refractivity contribution is 0.594. The first-order valence-electron chi connectivity index (χ1n) is 4.97. The van der Waals surface area contributed by atoms with Gasteiger partial charge in [-0.2, -0.15) is 8.42 Å². The summed E-state index contributed by atoms with van der Waals surface area (Å²) in [6, 6.07) is 3.18. The summed E-state index contributed by atoms with van der Waals surface area (Å²) < 4.78 is 27.5. The smallest absolute Gasteiger partial charge is 0.283 e. The molecule has 94 valence electrons. The predicted molar refractivity (Wildman–Crippen MR) is 70.3 cm³/mol. The third-order valence-corrected chi connectivity index (χ3v) is 3.93. The molecule has 0 heterocycles. The Morgan fingerprint density at radius 2 is 1.82 bits per heavy atom. The highest BCUT2D eigenvalue weighted by molar-refractivity contribution is 7.90. The van der Waals surface area contributed by atoms with E-state index in [1.165, 1.54) is 6.34 Å². The summed E-state index contributed by atoms with van der Waals surface area (Å²) >= 11 is 5.92. The van der Waals surface area contributed by atoms with Crippen LogP contribution in [0.4, 0.5) is 0 Å². The van der Waals surface area contributed by atoms with Crippen molar-refractivity contribution in [3.05, 3.63) is 28.3 Å². The molecule has 0 aromatic heterocycles. The van der Waals surface area contributed by atoms with Gasteiger partial charge in [-0.1, -0.05) is 11.6 Å². The topological polar surface area (TPSA) is 49.7 Å². The van der Waals surface area contributed by atoms with Crippen LogP contribution in [0, 0.1) is 13.8 Å². The van der Waals surface area contributed by atoms with Gasteiger partial charge in [0.15, 0.2) is 0 Å². The fourth-order valence-corrected chi connectivity index (χ4v) is 2.68. The summed E-state index contributed by atoms with van der Waals surface area (Å²) in [6.07, 6.45) is 1.26. The Bertz CT molecular complexity index is 551. The van der Waals surface area contributed by atoms with E-state index < -0.39 is 10.0 Å². The largest absolute Gasteiger partial charge is 0.368 e. The van der Waals surface area contributed by atoms with Crippen LogP contribution in [0.3, 0.4) is 0 Å². The Morgan fingerprint density at radius 3 is 2.35 bits per heavy atom. The van der Waals surface area contributed by atoms with Gasteiger partial charge in [-0.15, -0.1) is 4.40 Å². The van der Waals surface area contributed by atoms with Crippen LogP contribution in [0.1, 0.15) is 11.1 Å². The molecule has 0 fully saturated rings. The Labute approximate surface area is 107 Å². The minimum Gasteiger partial charge on any atom is -0.368 e. The maximum absolute atomic E-state index is 12.0. The highest BCUT2D eigenvalue weighted by atomic mass is 35.5. The molecule has 0 saturated carbocycles. The zero-order valence-electron chi connectivity index (χ0n) is 10.2. The van der Waals surface area contributed by atoms with Crippen LogP contribution >= 0.6 is 11.6 Å². The van der Waals surface area contributed by atoms with Crippen molar-refractivity contribution in [1.29, 1.82) is 0 Å². The third-order valence-electron chi connectivity index (χ3n) is 2.15. The lowest BCUT2D eigenvalue weighted by Crippen LogP contribution is -2.10. The average Bonchev–Trinajstić information content (AvgIpc) is 2.20. The third kappa shape index (κ3) is 3.44. The zero-order chi connectivity index (χ0) is 13.2. The highest BCUT2D eigenvalue weighted by Gasteiger charge is 2.16. The molecule has 0 saturated heterocycles. The normalized spacial score (nSPS) is 12.1. The fourth-order valence-electron chi connectivity index (χ4n) is 1.25. The standard InChI is InChI=1S/C11H15ClN2O2S/c1-8-6-11(9(2)5-10(8)12)17(15,16)13-7-14(3)4/h5-7H,1-4H3. The molecule has 1 rings (SSSR count). The van der Waals surface area contributed by atoms with Crippen molar-refractivity contribution in [2.24, 2.45) is 4.40 Å². The van der Waals surface area contributed by atoms with Crippen molar-refractivity contribution in [2.45, 2.75) is 18.7 Å².